The number of nitrogens with zero attached hydrogens (tertiary/aromatic N) is 3. The standard InChI is InChI=1S/C16H18ClN5O2/c17-13-5-1-2-6-14(13)22-10-12(8-19-22)20-15(23)11-4-3-7-21(9-11)16(18)24/h1-2,5-6,8,10-11H,3-4,7,9H2,(H2,18,24)(H,20,23)/t11-/m0/s1. The van der Waals surface area contributed by atoms with Gasteiger partial charge in [-0.3, -0.25) is 4.79 Å². The zero-order valence-electron chi connectivity index (χ0n) is 13.0. The zero-order chi connectivity index (χ0) is 17.1. The number of nitrogens with one attached hydrogen (secondary N) is 1. The molecule has 0 radical (unpaired) electrons. The van der Waals surface area contributed by atoms with Crippen molar-refractivity contribution in [3.05, 3.63) is 41.7 Å². The fraction of sp³-hybridized carbons (Fsp3) is 0.312. The average molecular weight is 348 g/mol. The van der Waals surface area contributed by atoms with Crippen LogP contribution in [-0.4, -0.2) is 39.7 Å². The minimum atomic E-state index is -0.487. The number of carbonyl (C=O) groups excluding carboxylic acids is 2. The monoisotopic (exact) mass is 347 g/mol. The molecule has 1 aliphatic rings. The van der Waals surface area contributed by atoms with E-state index in [0.717, 1.165) is 18.5 Å². The van der Waals surface area contributed by atoms with E-state index < -0.39 is 6.03 Å². The van der Waals surface area contributed by atoms with Crippen LogP contribution < -0.4 is 11.1 Å². The minimum absolute atomic E-state index is 0.139. The van der Waals surface area contributed by atoms with Crippen molar-refractivity contribution in [3.8, 4) is 5.69 Å². The van der Waals surface area contributed by atoms with Crippen molar-refractivity contribution >= 4 is 29.2 Å². The Labute approximate surface area is 144 Å². The highest BCUT2D eigenvalue weighted by atomic mass is 35.5. The van der Waals surface area contributed by atoms with E-state index in [1.165, 1.54) is 4.90 Å². The van der Waals surface area contributed by atoms with Crippen molar-refractivity contribution in [2.45, 2.75) is 12.8 Å². The fourth-order valence-corrected chi connectivity index (χ4v) is 3.01. The van der Waals surface area contributed by atoms with E-state index in [0.29, 0.717) is 23.8 Å². The van der Waals surface area contributed by atoms with Gasteiger partial charge in [-0.1, -0.05) is 23.7 Å². The molecule has 0 spiro atoms. The Morgan fingerprint density at radius 2 is 2.12 bits per heavy atom. The number of carbonyl (C=O) groups is 2. The second-order valence-corrected chi connectivity index (χ2v) is 6.14. The van der Waals surface area contributed by atoms with E-state index >= 15 is 0 Å². The maximum atomic E-state index is 12.4. The third kappa shape index (κ3) is 3.51. The lowest BCUT2D eigenvalue weighted by atomic mass is 9.97. The van der Waals surface area contributed by atoms with Gasteiger partial charge in [-0.2, -0.15) is 5.10 Å². The maximum Gasteiger partial charge on any atom is 0.314 e. The molecule has 8 heteroatoms. The van der Waals surface area contributed by atoms with E-state index in [1.807, 2.05) is 18.2 Å². The Hall–Kier alpha value is -2.54. The highest BCUT2D eigenvalue weighted by Crippen LogP contribution is 2.22. The highest BCUT2D eigenvalue weighted by molar-refractivity contribution is 6.32. The number of anilines is 1. The molecule has 0 saturated carbocycles. The Balaban J connectivity index is 1.67. The van der Waals surface area contributed by atoms with E-state index in [4.69, 9.17) is 17.3 Å². The number of halogens is 1. The van der Waals surface area contributed by atoms with Crippen molar-refractivity contribution in [1.29, 1.82) is 0 Å². The summed E-state index contributed by atoms with van der Waals surface area (Å²) < 4.78 is 1.61. The third-order valence-electron chi connectivity index (χ3n) is 4.05. The summed E-state index contributed by atoms with van der Waals surface area (Å²) in [6, 6.07) is 6.83. The molecule has 7 nitrogen and oxygen atoms in total. The van der Waals surface area contributed by atoms with Gasteiger partial charge in [0.1, 0.15) is 0 Å². The van der Waals surface area contributed by atoms with Gasteiger partial charge in [-0.05, 0) is 25.0 Å². The summed E-state index contributed by atoms with van der Waals surface area (Å²) in [7, 11) is 0. The molecule has 0 unspecified atom stereocenters. The summed E-state index contributed by atoms with van der Waals surface area (Å²) in [4.78, 5) is 25.2. The second kappa shape index (κ2) is 6.92. The Kier molecular flexibility index (Phi) is 4.71. The van der Waals surface area contributed by atoms with Gasteiger partial charge >= 0.3 is 6.03 Å². The van der Waals surface area contributed by atoms with Gasteiger partial charge in [-0.15, -0.1) is 0 Å². The first-order valence-corrected chi connectivity index (χ1v) is 8.07. The molecule has 1 atom stereocenters. The molecule has 1 aromatic heterocycles. The summed E-state index contributed by atoms with van der Waals surface area (Å²) >= 11 is 6.14. The normalized spacial score (nSPS) is 17.5. The number of aromatic nitrogens is 2. The van der Waals surface area contributed by atoms with E-state index in [9.17, 15) is 9.59 Å². The fourth-order valence-electron chi connectivity index (χ4n) is 2.79. The molecule has 3 amide bonds. The number of nitrogens with two attached hydrogens (primary N) is 1. The van der Waals surface area contributed by atoms with Crippen LogP contribution in [0.1, 0.15) is 12.8 Å². The highest BCUT2D eigenvalue weighted by Gasteiger charge is 2.27. The second-order valence-electron chi connectivity index (χ2n) is 5.74. The molecule has 2 aromatic rings. The lowest BCUT2D eigenvalue weighted by molar-refractivity contribution is -0.121. The third-order valence-corrected chi connectivity index (χ3v) is 4.37. The first kappa shape index (κ1) is 16.3. The summed E-state index contributed by atoms with van der Waals surface area (Å²) in [6.45, 7) is 0.948. The van der Waals surface area contributed by atoms with Gasteiger partial charge in [0.05, 0.1) is 34.7 Å². The number of amides is 3. The predicted octanol–water partition coefficient (Wildman–Crippen LogP) is 2.25. The topological polar surface area (TPSA) is 93.2 Å². The van der Waals surface area contributed by atoms with Gasteiger partial charge in [-0.25, -0.2) is 9.48 Å². The number of hydrogen-bond donors (Lipinski definition) is 2. The van der Waals surface area contributed by atoms with Crippen LogP contribution in [0.25, 0.3) is 5.69 Å². The van der Waals surface area contributed by atoms with Crippen molar-refractivity contribution in [2.75, 3.05) is 18.4 Å². The molecule has 24 heavy (non-hydrogen) atoms. The molecule has 2 heterocycles. The van der Waals surface area contributed by atoms with Gasteiger partial charge in [0.2, 0.25) is 5.91 Å². The summed E-state index contributed by atoms with van der Waals surface area (Å²) in [5.74, 6) is -0.408. The van der Waals surface area contributed by atoms with Crippen molar-refractivity contribution < 1.29 is 9.59 Å². The number of hydrogen-bond acceptors (Lipinski definition) is 3. The molecule has 1 fully saturated rings. The van der Waals surface area contributed by atoms with E-state index in [1.54, 1.807) is 23.1 Å². The van der Waals surface area contributed by atoms with Crippen LogP contribution in [0, 0.1) is 5.92 Å². The van der Waals surface area contributed by atoms with Gasteiger partial charge in [0.25, 0.3) is 0 Å². The largest absolute Gasteiger partial charge is 0.351 e. The zero-order valence-corrected chi connectivity index (χ0v) is 13.7. The van der Waals surface area contributed by atoms with Crippen LogP contribution in [0.3, 0.4) is 0 Å². The van der Waals surface area contributed by atoms with Crippen molar-refractivity contribution in [2.24, 2.45) is 11.7 Å². The molecule has 1 aromatic carbocycles. The molecular weight excluding hydrogens is 330 g/mol. The van der Waals surface area contributed by atoms with Crippen LogP contribution in [-0.2, 0) is 4.79 Å². The van der Waals surface area contributed by atoms with Gasteiger partial charge in [0.15, 0.2) is 0 Å². The lowest BCUT2D eigenvalue weighted by Crippen LogP contribution is -2.46. The number of rotatable bonds is 3. The first-order valence-electron chi connectivity index (χ1n) is 7.69. The number of piperidine rings is 1. The van der Waals surface area contributed by atoms with E-state index in [2.05, 4.69) is 10.4 Å². The van der Waals surface area contributed by atoms with E-state index in [-0.39, 0.29) is 11.8 Å². The van der Waals surface area contributed by atoms with Crippen molar-refractivity contribution in [1.82, 2.24) is 14.7 Å². The first-order chi connectivity index (χ1) is 11.5. The Morgan fingerprint density at radius 1 is 1.33 bits per heavy atom. The number of benzene rings is 1. The smallest absolute Gasteiger partial charge is 0.314 e. The average Bonchev–Trinajstić information content (AvgIpc) is 3.03. The minimum Gasteiger partial charge on any atom is -0.351 e. The molecular formula is C16H18ClN5O2. The number of para-hydroxylation sites is 1. The molecule has 0 aliphatic carbocycles. The Morgan fingerprint density at radius 3 is 2.88 bits per heavy atom. The van der Waals surface area contributed by atoms with Gasteiger partial charge < -0.3 is 16.0 Å². The predicted molar refractivity (Wildman–Crippen MR) is 91.1 cm³/mol. The summed E-state index contributed by atoms with van der Waals surface area (Å²) in [5.41, 5.74) is 6.61. The molecule has 1 saturated heterocycles. The SMILES string of the molecule is NC(=O)N1CCC[C@H](C(=O)Nc2cnn(-c3ccccc3Cl)c2)C1. The maximum absolute atomic E-state index is 12.4. The summed E-state index contributed by atoms with van der Waals surface area (Å²) in [5, 5.41) is 7.63. The van der Waals surface area contributed by atoms with Gasteiger partial charge in [0, 0.05) is 13.1 Å². The number of likely N-dealkylation sites (tertiary alicyclic amines) is 1. The lowest BCUT2D eigenvalue weighted by Gasteiger charge is -2.30. The summed E-state index contributed by atoms with van der Waals surface area (Å²) in [6.07, 6.45) is 4.76. The molecule has 1 aliphatic heterocycles. The quantitative estimate of drug-likeness (QED) is 0.891. The molecule has 3 N–H and O–H groups in total. The van der Waals surface area contributed by atoms with Crippen molar-refractivity contribution in [3.63, 3.8) is 0 Å². The van der Waals surface area contributed by atoms with Crippen LogP contribution >= 0.6 is 11.6 Å². The number of urea groups is 1. The van der Waals surface area contributed by atoms with Crippen LogP contribution in [0.5, 0.6) is 0 Å². The van der Waals surface area contributed by atoms with Crippen LogP contribution in [0.2, 0.25) is 5.02 Å². The molecule has 126 valence electrons. The molecule has 0 bridgehead atoms. The number of primary amides is 1. The van der Waals surface area contributed by atoms with Crippen LogP contribution in [0.15, 0.2) is 36.7 Å². The molecule has 3 rings (SSSR count). The van der Waals surface area contributed by atoms with Crippen LogP contribution in [0.4, 0.5) is 10.5 Å². The Bertz CT molecular complexity index is 760.